The number of thiocarbonyl (C=S) groups is 1. The minimum Gasteiger partial charge on any atom is -0.472 e. The summed E-state index contributed by atoms with van der Waals surface area (Å²) in [6.45, 7) is 0.628. The number of rotatable bonds is 4. The summed E-state index contributed by atoms with van der Waals surface area (Å²) in [5.41, 5.74) is 7.39. The maximum atomic E-state index is 5.60. The molecule has 0 amide bonds. The third-order valence-electron chi connectivity index (χ3n) is 2.11. The SMILES string of the molecule is NC(=S)c1cccnc1NCc1ccoc1. The molecule has 3 N–H and O–H groups in total. The average molecular weight is 233 g/mol. The number of pyridine rings is 1. The van der Waals surface area contributed by atoms with Gasteiger partial charge in [-0.3, -0.25) is 0 Å². The molecule has 2 aromatic heterocycles. The van der Waals surface area contributed by atoms with Crippen molar-refractivity contribution in [1.82, 2.24) is 4.98 Å². The van der Waals surface area contributed by atoms with Crippen LogP contribution in [0.15, 0.2) is 41.3 Å². The number of aromatic nitrogens is 1. The molecule has 0 fully saturated rings. The largest absolute Gasteiger partial charge is 0.472 e. The summed E-state index contributed by atoms with van der Waals surface area (Å²) in [4.78, 5) is 4.53. The van der Waals surface area contributed by atoms with Crippen molar-refractivity contribution in [2.75, 3.05) is 5.32 Å². The topological polar surface area (TPSA) is 64.1 Å². The molecule has 0 saturated heterocycles. The first-order valence-corrected chi connectivity index (χ1v) is 5.18. The number of hydrogen-bond donors (Lipinski definition) is 2. The lowest BCUT2D eigenvalue weighted by molar-refractivity contribution is 0.564. The van der Waals surface area contributed by atoms with Crippen LogP contribution in [0.5, 0.6) is 0 Å². The van der Waals surface area contributed by atoms with Gasteiger partial charge in [0.15, 0.2) is 0 Å². The first-order chi connectivity index (χ1) is 7.77. The molecule has 0 aliphatic rings. The quantitative estimate of drug-likeness (QED) is 0.790. The molecule has 5 heteroatoms. The molecule has 0 unspecified atom stereocenters. The fourth-order valence-corrected chi connectivity index (χ4v) is 1.49. The Kier molecular flexibility index (Phi) is 3.16. The Morgan fingerprint density at radius 1 is 1.50 bits per heavy atom. The molecule has 0 radical (unpaired) electrons. The molecule has 0 atom stereocenters. The fraction of sp³-hybridized carbons (Fsp3) is 0.0909. The zero-order valence-corrected chi connectivity index (χ0v) is 9.33. The third-order valence-corrected chi connectivity index (χ3v) is 2.33. The van der Waals surface area contributed by atoms with Crippen LogP contribution in [0.1, 0.15) is 11.1 Å². The Morgan fingerprint density at radius 2 is 2.38 bits per heavy atom. The summed E-state index contributed by atoms with van der Waals surface area (Å²) in [5.74, 6) is 0.691. The zero-order valence-electron chi connectivity index (χ0n) is 8.51. The van der Waals surface area contributed by atoms with Gasteiger partial charge in [0.05, 0.1) is 18.1 Å². The molecule has 0 aliphatic heterocycles. The molecule has 2 rings (SSSR count). The van der Waals surface area contributed by atoms with E-state index in [1.54, 1.807) is 24.8 Å². The van der Waals surface area contributed by atoms with E-state index in [-0.39, 0.29) is 0 Å². The number of furan rings is 1. The highest BCUT2D eigenvalue weighted by atomic mass is 32.1. The molecule has 82 valence electrons. The molecule has 0 aliphatic carbocycles. The second-order valence-corrected chi connectivity index (χ2v) is 3.69. The van der Waals surface area contributed by atoms with Gasteiger partial charge in [-0.2, -0.15) is 0 Å². The van der Waals surface area contributed by atoms with Crippen LogP contribution in [-0.4, -0.2) is 9.97 Å². The van der Waals surface area contributed by atoms with E-state index in [1.807, 2.05) is 12.1 Å². The van der Waals surface area contributed by atoms with Crippen LogP contribution in [-0.2, 0) is 6.54 Å². The molecule has 2 aromatic rings. The highest BCUT2D eigenvalue weighted by molar-refractivity contribution is 7.80. The normalized spacial score (nSPS) is 10.0. The Hall–Kier alpha value is -1.88. The van der Waals surface area contributed by atoms with E-state index in [1.165, 1.54) is 0 Å². The van der Waals surface area contributed by atoms with Crippen molar-refractivity contribution < 1.29 is 4.42 Å². The fourth-order valence-electron chi connectivity index (χ4n) is 1.32. The second-order valence-electron chi connectivity index (χ2n) is 3.25. The van der Waals surface area contributed by atoms with Crippen molar-refractivity contribution in [1.29, 1.82) is 0 Å². The summed E-state index contributed by atoms with van der Waals surface area (Å²) in [6, 6.07) is 5.53. The van der Waals surface area contributed by atoms with Gasteiger partial charge in [0.25, 0.3) is 0 Å². The molecule has 4 nitrogen and oxygen atoms in total. The summed E-state index contributed by atoms with van der Waals surface area (Å²) in [5, 5.41) is 3.16. The molecule has 0 spiro atoms. The van der Waals surface area contributed by atoms with E-state index in [0.29, 0.717) is 17.4 Å². The van der Waals surface area contributed by atoms with Crippen LogP contribution in [0.25, 0.3) is 0 Å². The Labute approximate surface area is 98.5 Å². The van der Waals surface area contributed by atoms with Crippen molar-refractivity contribution in [3.8, 4) is 0 Å². The number of hydrogen-bond acceptors (Lipinski definition) is 4. The molecule has 16 heavy (non-hydrogen) atoms. The lowest BCUT2D eigenvalue weighted by Gasteiger charge is -2.08. The molecule has 0 aromatic carbocycles. The van der Waals surface area contributed by atoms with Gasteiger partial charge >= 0.3 is 0 Å². The van der Waals surface area contributed by atoms with Crippen LogP contribution >= 0.6 is 12.2 Å². The van der Waals surface area contributed by atoms with Crippen LogP contribution in [0.3, 0.4) is 0 Å². The van der Waals surface area contributed by atoms with Gasteiger partial charge in [0.1, 0.15) is 10.8 Å². The smallest absolute Gasteiger partial charge is 0.136 e. The number of nitrogens with zero attached hydrogens (tertiary/aromatic N) is 1. The van der Waals surface area contributed by atoms with Gasteiger partial charge in [-0.15, -0.1) is 0 Å². The molecular formula is C11H11N3OS. The van der Waals surface area contributed by atoms with E-state index in [2.05, 4.69) is 10.3 Å². The van der Waals surface area contributed by atoms with Crippen molar-refractivity contribution in [2.45, 2.75) is 6.54 Å². The average Bonchev–Trinajstić information content (AvgIpc) is 2.79. The lowest BCUT2D eigenvalue weighted by Crippen LogP contribution is -2.14. The van der Waals surface area contributed by atoms with Crippen LogP contribution < -0.4 is 11.1 Å². The zero-order chi connectivity index (χ0) is 11.4. The predicted octanol–water partition coefficient (Wildman–Crippen LogP) is 1.92. The van der Waals surface area contributed by atoms with Crippen molar-refractivity contribution in [3.05, 3.63) is 48.0 Å². The van der Waals surface area contributed by atoms with Gasteiger partial charge in [0, 0.05) is 18.3 Å². The van der Waals surface area contributed by atoms with Crippen molar-refractivity contribution >= 4 is 23.0 Å². The number of nitrogens with one attached hydrogen (secondary N) is 1. The second kappa shape index (κ2) is 4.76. The predicted molar refractivity (Wildman–Crippen MR) is 66.2 cm³/mol. The minimum absolute atomic E-state index is 0.336. The lowest BCUT2D eigenvalue weighted by atomic mass is 10.2. The molecule has 0 bridgehead atoms. The highest BCUT2D eigenvalue weighted by Crippen LogP contribution is 2.12. The van der Waals surface area contributed by atoms with Crippen molar-refractivity contribution in [2.24, 2.45) is 5.73 Å². The van der Waals surface area contributed by atoms with Gasteiger partial charge in [-0.25, -0.2) is 4.98 Å². The summed E-state index contributed by atoms with van der Waals surface area (Å²) >= 11 is 4.94. The molecule has 2 heterocycles. The van der Waals surface area contributed by atoms with E-state index in [4.69, 9.17) is 22.4 Å². The van der Waals surface area contributed by atoms with E-state index < -0.39 is 0 Å². The van der Waals surface area contributed by atoms with Gasteiger partial charge in [0.2, 0.25) is 0 Å². The van der Waals surface area contributed by atoms with Crippen molar-refractivity contribution in [3.63, 3.8) is 0 Å². The Bertz CT molecular complexity index is 482. The van der Waals surface area contributed by atoms with Gasteiger partial charge in [-0.05, 0) is 18.2 Å². The van der Waals surface area contributed by atoms with Crippen LogP contribution in [0.4, 0.5) is 5.82 Å². The Morgan fingerprint density at radius 3 is 3.06 bits per heavy atom. The highest BCUT2D eigenvalue weighted by Gasteiger charge is 2.05. The van der Waals surface area contributed by atoms with Crippen LogP contribution in [0.2, 0.25) is 0 Å². The first kappa shape index (κ1) is 10.6. The van der Waals surface area contributed by atoms with E-state index in [9.17, 15) is 0 Å². The summed E-state index contributed by atoms with van der Waals surface area (Å²) in [7, 11) is 0. The van der Waals surface area contributed by atoms with Gasteiger partial charge in [-0.1, -0.05) is 12.2 Å². The first-order valence-electron chi connectivity index (χ1n) is 4.77. The number of nitrogens with two attached hydrogens (primary N) is 1. The maximum absolute atomic E-state index is 5.60. The van der Waals surface area contributed by atoms with Gasteiger partial charge < -0.3 is 15.5 Å². The van der Waals surface area contributed by atoms with E-state index >= 15 is 0 Å². The number of anilines is 1. The maximum Gasteiger partial charge on any atom is 0.136 e. The minimum atomic E-state index is 0.336. The standard InChI is InChI=1S/C11H11N3OS/c12-10(16)9-2-1-4-13-11(9)14-6-8-3-5-15-7-8/h1-5,7H,6H2,(H2,12,16)(H,13,14). The third kappa shape index (κ3) is 2.38. The summed E-state index contributed by atoms with van der Waals surface area (Å²) < 4.78 is 4.97. The molecule has 0 saturated carbocycles. The van der Waals surface area contributed by atoms with Crippen LogP contribution in [0, 0.1) is 0 Å². The molecular weight excluding hydrogens is 222 g/mol. The van der Waals surface area contributed by atoms with E-state index in [0.717, 1.165) is 11.1 Å². The Balaban J connectivity index is 2.12. The monoisotopic (exact) mass is 233 g/mol. The summed E-state index contributed by atoms with van der Waals surface area (Å²) in [6.07, 6.45) is 5.00.